The molecule has 0 unspecified atom stereocenters. The Balaban J connectivity index is 2.25. The third-order valence-electron chi connectivity index (χ3n) is 3.32. The number of halogens is 1. The van der Waals surface area contributed by atoms with Crippen molar-refractivity contribution in [3.8, 4) is 6.07 Å². The molecule has 3 rings (SSSR count). The topological polar surface area (TPSA) is 71.8 Å². The first-order chi connectivity index (χ1) is 10.1. The molecule has 0 aliphatic heterocycles. The number of carbonyl (C=O) groups is 1. The molecule has 0 spiro atoms. The lowest BCUT2D eigenvalue weighted by atomic mass is 10.2. The number of hydrogen-bond donors (Lipinski definition) is 1. The van der Waals surface area contributed by atoms with Crippen LogP contribution >= 0.6 is 11.6 Å². The van der Waals surface area contributed by atoms with Gasteiger partial charge in [0.2, 0.25) is 0 Å². The standard InChI is InChI=1S/C16H10ClN3O/c17-11-7-5-10(6-8-11)16(21)20-14-4-2-1-3-12(14)13(9-18)15(20)19/h1-8H,19H2. The van der Waals surface area contributed by atoms with E-state index in [0.29, 0.717) is 27.1 Å². The van der Waals surface area contributed by atoms with E-state index < -0.39 is 0 Å². The number of para-hydroxylation sites is 1. The Hall–Kier alpha value is -2.77. The van der Waals surface area contributed by atoms with Crippen molar-refractivity contribution in [2.24, 2.45) is 0 Å². The van der Waals surface area contributed by atoms with Gasteiger partial charge < -0.3 is 5.73 Å². The molecule has 0 amide bonds. The summed E-state index contributed by atoms with van der Waals surface area (Å²) < 4.78 is 1.36. The second kappa shape index (κ2) is 4.97. The summed E-state index contributed by atoms with van der Waals surface area (Å²) >= 11 is 5.83. The van der Waals surface area contributed by atoms with Gasteiger partial charge >= 0.3 is 0 Å². The van der Waals surface area contributed by atoms with E-state index in [1.54, 1.807) is 48.5 Å². The van der Waals surface area contributed by atoms with Gasteiger partial charge in [0.15, 0.2) is 0 Å². The number of rotatable bonds is 1. The summed E-state index contributed by atoms with van der Waals surface area (Å²) in [6.45, 7) is 0. The Kier molecular flexibility index (Phi) is 3.13. The van der Waals surface area contributed by atoms with Crippen LogP contribution in [0.4, 0.5) is 5.82 Å². The molecule has 5 heteroatoms. The highest BCUT2D eigenvalue weighted by molar-refractivity contribution is 6.30. The van der Waals surface area contributed by atoms with Crippen LogP contribution in [0.25, 0.3) is 10.9 Å². The van der Waals surface area contributed by atoms with E-state index >= 15 is 0 Å². The number of nitriles is 1. The number of hydrogen-bond acceptors (Lipinski definition) is 3. The number of nitrogens with zero attached hydrogens (tertiary/aromatic N) is 2. The van der Waals surface area contributed by atoms with Crippen LogP contribution in [0.1, 0.15) is 15.9 Å². The fraction of sp³-hybridized carbons (Fsp3) is 0. The van der Waals surface area contributed by atoms with Gasteiger partial charge in [-0.3, -0.25) is 9.36 Å². The molecule has 0 saturated carbocycles. The van der Waals surface area contributed by atoms with E-state index in [-0.39, 0.29) is 11.7 Å². The molecular formula is C16H10ClN3O. The van der Waals surface area contributed by atoms with E-state index in [0.717, 1.165) is 0 Å². The smallest absolute Gasteiger partial charge is 0.264 e. The van der Waals surface area contributed by atoms with Crippen LogP contribution in [0.2, 0.25) is 5.02 Å². The summed E-state index contributed by atoms with van der Waals surface area (Å²) in [6.07, 6.45) is 0. The van der Waals surface area contributed by atoms with Gasteiger partial charge in [0, 0.05) is 16.0 Å². The van der Waals surface area contributed by atoms with Gasteiger partial charge in [0.25, 0.3) is 5.91 Å². The molecule has 3 aromatic rings. The van der Waals surface area contributed by atoms with Crippen molar-refractivity contribution in [1.82, 2.24) is 4.57 Å². The quantitative estimate of drug-likeness (QED) is 0.747. The van der Waals surface area contributed by atoms with Crippen molar-refractivity contribution in [1.29, 1.82) is 5.26 Å². The van der Waals surface area contributed by atoms with E-state index in [9.17, 15) is 10.1 Å². The Bertz CT molecular complexity index is 888. The Labute approximate surface area is 126 Å². The zero-order valence-corrected chi connectivity index (χ0v) is 11.6. The Morgan fingerprint density at radius 2 is 1.81 bits per heavy atom. The van der Waals surface area contributed by atoms with E-state index in [1.165, 1.54) is 4.57 Å². The second-order valence-electron chi connectivity index (χ2n) is 4.54. The van der Waals surface area contributed by atoms with Crippen molar-refractivity contribution < 1.29 is 4.79 Å². The predicted molar refractivity (Wildman–Crippen MR) is 82.2 cm³/mol. The summed E-state index contributed by atoms with van der Waals surface area (Å²) in [5.74, 6) is -0.138. The molecule has 0 atom stereocenters. The molecule has 4 nitrogen and oxygen atoms in total. The van der Waals surface area contributed by atoms with Gasteiger partial charge in [-0.1, -0.05) is 29.8 Å². The fourth-order valence-corrected chi connectivity index (χ4v) is 2.44. The maximum Gasteiger partial charge on any atom is 0.264 e. The van der Waals surface area contributed by atoms with E-state index in [2.05, 4.69) is 6.07 Å². The largest absolute Gasteiger partial charge is 0.384 e. The molecule has 102 valence electrons. The second-order valence-corrected chi connectivity index (χ2v) is 4.97. The summed E-state index contributed by atoms with van der Waals surface area (Å²) in [5, 5.41) is 10.5. The maximum absolute atomic E-state index is 12.7. The van der Waals surface area contributed by atoms with Crippen LogP contribution < -0.4 is 5.73 Å². The number of nitrogens with two attached hydrogens (primary N) is 1. The molecule has 1 heterocycles. The highest BCUT2D eigenvalue weighted by Crippen LogP contribution is 2.28. The summed E-state index contributed by atoms with van der Waals surface area (Å²) in [6, 6.07) is 15.7. The molecule has 0 radical (unpaired) electrons. The maximum atomic E-state index is 12.7. The van der Waals surface area contributed by atoms with Crippen molar-refractivity contribution in [3.05, 3.63) is 64.7 Å². The molecule has 0 fully saturated rings. The Morgan fingerprint density at radius 3 is 2.48 bits per heavy atom. The molecule has 0 aliphatic rings. The number of anilines is 1. The molecule has 2 aromatic carbocycles. The highest BCUT2D eigenvalue weighted by Gasteiger charge is 2.20. The van der Waals surface area contributed by atoms with Crippen LogP contribution in [-0.4, -0.2) is 10.5 Å². The average Bonchev–Trinajstić information content (AvgIpc) is 2.78. The number of benzene rings is 2. The first-order valence-corrected chi connectivity index (χ1v) is 6.60. The minimum absolute atomic E-state index is 0.152. The van der Waals surface area contributed by atoms with Crippen molar-refractivity contribution in [2.45, 2.75) is 0 Å². The number of nitrogen functional groups attached to an aromatic ring is 1. The van der Waals surface area contributed by atoms with Crippen molar-refractivity contribution in [2.75, 3.05) is 5.73 Å². The molecule has 1 aromatic heterocycles. The van der Waals surface area contributed by atoms with Crippen LogP contribution in [0.3, 0.4) is 0 Å². The van der Waals surface area contributed by atoms with Gasteiger partial charge in [-0.15, -0.1) is 0 Å². The van der Waals surface area contributed by atoms with Gasteiger partial charge in [-0.05, 0) is 30.3 Å². The Morgan fingerprint density at radius 1 is 1.14 bits per heavy atom. The van der Waals surface area contributed by atoms with Crippen molar-refractivity contribution >= 4 is 34.2 Å². The zero-order chi connectivity index (χ0) is 15.0. The molecule has 0 saturated heterocycles. The predicted octanol–water partition coefficient (Wildman–Crippen LogP) is 3.44. The third-order valence-corrected chi connectivity index (χ3v) is 3.57. The fourth-order valence-electron chi connectivity index (χ4n) is 2.32. The first kappa shape index (κ1) is 13.2. The van der Waals surface area contributed by atoms with Crippen LogP contribution in [-0.2, 0) is 0 Å². The van der Waals surface area contributed by atoms with Gasteiger partial charge in [0.1, 0.15) is 17.5 Å². The minimum atomic E-state index is -0.290. The minimum Gasteiger partial charge on any atom is -0.384 e. The van der Waals surface area contributed by atoms with E-state index in [4.69, 9.17) is 17.3 Å². The summed E-state index contributed by atoms with van der Waals surface area (Å²) in [4.78, 5) is 12.7. The number of fused-ring (bicyclic) bond motifs is 1. The lowest BCUT2D eigenvalue weighted by Crippen LogP contribution is -2.14. The normalized spacial score (nSPS) is 10.5. The number of carbonyl (C=O) groups excluding carboxylic acids is 1. The summed E-state index contributed by atoms with van der Waals surface area (Å²) in [7, 11) is 0. The monoisotopic (exact) mass is 295 g/mol. The van der Waals surface area contributed by atoms with Crippen LogP contribution in [0.5, 0.6) is 0 Å². The lowest BCUT2D eigenvalue weighted by molar-refractivity contribution is 0.0967. The first-order valence-electron chi connectivity index (χ1n) is 6.22. The van der Waals surface area contributed by atoms with Crippen LogP contribution in [0, 0.1) is 11.3 Å². The molecular weight excluding hydrogens is 286 g/mol. The number of aromatic nitrogens is 1. The van der Waals surface area contributed by atoms with Crippen LogP contribution in [0.15, 0.2) is 48.5 Å². The van der Waals surface area contributed by atoms with Gasteiger partial charge in [-0.25, -0.2) is 0 Å². The zero-order valence-electron chi connectivity index (χ0n) is 10.9. The lowest BCUT2D eigenvalue weighted by Gasteiger charge is -2.06. The summed E-state index contributed by atoms with van der Waals surface area (Å²) in [5.41, 5.74) is 7.37. The average molecular weight is 296 g/mol. The molecule has 21 heavy (non-hydrogen) atoms. The molecule has 2 N–H and O–H groups in total. The van der Waals surface area contributed by atoms with E-state index in [1.807, 2.05) is 0 Å². The van der Waals surface area contributed by atoms with Gasteiger partial charge in [0.05, 0.1) is 5.52 Å². The molecule has 0 aliphatic carbocycles. The molecule has 0 bridgehead atoms. The third kappa shape index (κ3) is 2.04. The SMILES string of the molecule is N#Cc1c(N)n(C(=O)c2ccc(Cl)cc2)c2ccccc12. The highest BCUT2D eigenvalue weighted by atomic mass is 35.5. The van der Waals surface area contributed by atoms with Gasteiger partial charge in [-0.2, -0.15) is 5.26 Å². The van der Waals surface area contributed by atoms with Crippen molar-refractivity contribution in [3.63, 3.8) is 0 Å².